The highest BCUT2D eigenvalue weighted by Gasteiger charge is 2.68. The van der Waals surface area contributed by atoms with E-state index in [0.29, 0.717) is 53.1 Å². The number of hydrogen-bond acceptors (Lipinski definition) is 13. The molecule has 2 aliphatic heterocycles. The zero-order valence-electron chi connectivity index (χ0n) is 35.3. The Labute approximate surface area is 356 Å². The average molecular weight is 867 g/mol. The molecule has 2 aromatic heterocycles. The molecule has 2 aliphatic carbocycles. The summed E-state index contributed by atoms with van der Waals surface area (Å²) < 4.78 is 44.4. The molecule has 1 aromatic carbocycles. The van der Waals surface area contributed by atoms with Crippen LogP contribution in [0.25, 0.3) is 22.3 Å². The Kier molecular flexibility index (Phi) is 14.0. The van der Waals surface area contributed by atoms with Gasteiger partial charge in [-0.2, -0.15) is 0 Å². The Bertz CT molecular complexity index is 2080. The number of amides is 3. The van der Waals surface area contributed by atoms with E-state index in [1.807, 2.05) is 49.6 Å². The molecular formula is C43H59N6O9PS. The monoisotopic (exact) mass is 866 g/mol. The van der Waals surface area contributed by atoms with Crippen LogP contribution in [0.5, 0.6) is 11.5 Å². The van der Waals surface area contributed by atoms with Gasteiger partial charge in [0.05, 0.1) is 38.1 Å². The average Bonchev–Trinajstić information content (AvgIpc) is 3.64. The van der Waals surface area contributed by atoms with Crippen LogP contribution in [-0.2, 0) is 27.9 Å². The van der Waals surface area contributed by atoms with Crippen LogP contribution in [0.3, 0.4) is 0 Å². The highest BCUT2D eigenvalue weighted by atomic mass is 32.1. The second kappa shape index (κ2) is 19.2. The molecule has 4 aliphatic rings. The lowest BCUT2D eigenvalue weighted by Gasteiger charge is -2.32. The SMILES string of the molecule is CCOP(=O)(OCC)[C@@]12C[C@H]1/C=C\CCCCC[C@H](NC(=O)OC1CCCC1)C(=O)N1C[C@H](Oc3cc(-c4csc(NC(C)C)n4)nc4cc(OC)ccc34)C[C@H]1C(=O)N2. The molecule has 0 spiro atoms. The number of rotatable bonds is 13. The summed E-state index contributed by atoms with van der Waals surface area (Å²) in [4.78, 5) is 54.1. The zero-order valence-corrected chi connectivity index (χ0v) is 37.0. The molecule has 0 radical (unpaired) electrons. The van der Waals surface area contributed by atoms with Gasteiger partial charge in [-0.25, -0.2) is 14.8 Å². The Morgan fingerprint density at radius 3 is 2.52 bits per heavy atom. The molecule has 17 heteroatoms. The van der Waals surface area contributed by atoms with E-state index in [2.05, 4.69) is 22.0 Å². The van der Waals surface area contributed by atoms with Crippen molar-refractivity contribution >= 4 is 52.9 Å². The van der Waals surface area contributed by atoms with Crippen molar-refractivity contribution in [2.24, 2.45) is 5.92 Å². The van der Waals surface area contributed by atoms with Crippen LogP contribution >= 0.6 is 18.9 Å². The van der Waals surface area contributed by atoms with Gasteiger partial charge in [-0.3, -0.25) is 14.2 Å². The summed E-state index contributed by atoms with van der Waals surface area (Å²) in [5, 5.41) is 11.5. The number of thiazole rings is 1. The van der Waals surface area contributed by atoms with E-state index in [9.17, 15) is 18.9 Å². The van der Waals surface area contributed by atoms with E-state index in [-0.39, 0.29) is 44.2 Å². The number of carbonyl (C=O) groups is 3. The molecule has 2 saturated carbocycles. The van der Waals surface area contributed by atoms with E-state index in [4.69, 9.17) is 33.2 Å². The molecule has 3 aromatic rings. The number of benzene rings is 1. The first-order valence-corrected chi connectivity index (χ1v) is 23.9. The summed E-state index contributed by atoms with van der Waals surface area (Å²) in [6.45, 7) is 7.89. The minimum absolute atomic E-state index is 0.0478. The maximum absolute atomic E-state index is 14.8. The number of methoxy groups -OCH3 is 1. The predicted molar refractivity (Wildman–Crippen MR) is 230 cm³/mol. The van der Waals surface area contributed by atoms with Crippen LogP contribution in [0.2, 0.25) is 0 Å². The fraction of sp³-hybridized carbons (Fsp3) is 0.605. The lowest BCUT2D eigenvalue weighted by molar-refractivity contribution is -0.140. The second-order valence-corrected chi connectivity index (χ2v) is 19.5. The van der Waals surface area contributed by atoms with Crippen LogP contribution in [0.4, 0.5) is 9.93 Å². The van der Waals surface area contributed by atoms with Crippen LogP contribution < -0.4 is 25.4 Å². The summed E-state index contributed by atoms with van der Waals surface area (Å²) in [5.41, 5.74) is 1.87. The van der Waals surface area contributed by atoms with E-state index in [0.717, 1.165) is 50.1 Å². The van der Waals surface area contributed by atoms with Crippen molar-refractivity contribution in [1.82, 2.24) is 25.5 Å². The normalized spacial score (nSPS) is 25.8. The summed E-state index contributed by atoms with van der Waals surface area (Å²) in [6, 6.07) is 5.60. The van der Waals surface area contributed by atoms with Crippen molar-refractivity contribution in [1.29, 1.82) is 0 Å². The van der Waals surface area contributed by atoms with Crippen molar-refractivity contribution in [3.05, 3.63) is 41.8 Å². The van der Waals surface area contributed by atoms with Gasteiger partial charge in [-0.1, -0.05) is 25.0 Å². The first-order chi connectivity index (χ1) is 28.9. The maximum Gasteiger partial charge on any atom is 0.408 e. The Morgan fingerprint density at radius 1 is 1.02 bits per heavy atom. The quantitative estimate of drug-likeness (QED) is 0.111. The predicted octanol–water partition coefficient (Wildman–Crippen LogP) is 8.19. The summed E-state index contributed by atoms with van der Waals surface area (Å²) in [5.74, 6) is -0.0654. The molecule has 7 rings (SSSR count). The van der Waals surface area contributed by atoms with Crippen LogP contribution in [0.15, 0.2) is 41.8 Å². The van der Waals surface area contributed by atoms with Crippen molar-refractivity contribution in [3.63, 3.8) is 0 Å². The molecule has 4 heterocycles. The number of nitrogens with one attached hydrogen (secondary N) is 3. The number of hydrogen-bond donors (Lipinski definition) is 3. The summed E-state index contributed by atoms with van der Waals surface area (Å²) >= 11 is 1.48. The van der Waals surface area contributed by atoms with Gasteiger partial charge in [-0.15, -0.1) is 11.3 Å². The zero-order chi connectivity index (χ0) is 42.4. The topological polar surface area (TPSA) is 180 Å². The number of anilines is 1. The number of pyridine rings is 1. The van der Waals surface area contributed by atoms with E-state index in [1.54, 1.807) is 21.0 Å². The van der Waals surface area contributed by atoms with Gasteiger partial charge in [0.2, 0.25) is 11.8 Å². The lowest BCUT2D eigenvalue weighted by atomic mass is 10.0. The minimum Gasteiger partial charge on any atom is -0.497 e. The number of aromatic nitrogens is 2. The molecule has 3 N–H and O–H groups in total. The Morgan fingerprint density at radius 2 is 1.78 bits per heavy atom. The number of carbonyl (C=O) groups excluding carboxylic acids is 3. The molecule has 5 atom stereocenters. The van der Waals surface area contributed by atoms with Gasteiger partial charge >= 0.3 is 13.7 Å². The summed E-state index contributed by atoms with van der Waals surface area (Å²) in [6.07, 6.45) is 10.1. The molecule has 0 bridgehead atoms. The van der Waals surface area contributed by atoms with E-state index < -0.39 is 49.0 Å². The van der Waals surface area contributed by atoms with Gasteiger partial charge in [-0.05, 0) is 91.2 Å². The third kappa shape index (κ3) is 9.77. The molecule has 15 nitrogen and oxygen atoms in total. The Balaban J connectivity index is 1.23. The lowest BCUT2D eigenvalue weighted by Crippen LogP contribution is -2.55. The fourth-order valence-electron chi connectivity index (χ4n) is 8.57. The van der Waals surface area contributed by atoms with Gasteiger partial charge in [0, 0.05) is 41.3 Å². The van der Waals surface area contributed by atoms with E-state index >= 15 is 0 Å². The van der Waals surface area contributed by atoms with Crippen molar-refractivity contribution in [2.45, 2.75) is 134 Å². The molecular weight excluding hydrogens is 808 g/mol. The standard InChI is InChI=1S/C43H59N6O9PS/c1-6-55-59(53,56-7-2)43-24-28(43)15-11-9-8-10-12-18-33(47-42(52)58-29-16-13-14-17-29)40(51)49-25-31(22-37(49)39(50)48-43)57-38-23-35(36-26-60-41(46-36)44-27(3)4)45-34-21-30(54-5)19-20-32(34)38/h11,15,19-21,23,26-29,31,33,37H,6-10,12-14,16-18,22,24-25H2,1-5H3,(H,44,46)(H,47,52)(H,48,50)/b15-11-/t28-,31-,33+,37+,43+/m1/s1. The second-order valence-electron chi connectivity index (χ2n) is 16.3. The highest BCUT2D eigenvalue weighted by Crippen LogP contribution is 2.73. The number of nitrogens with zero attached hydrogens (tertiary/aromatic N) is 3. The summed E-state index contributed by atoms with van der Waals surface area (Å²) in [7, 11) is -2.27. The van der Waals surface area contributed by atoms with Crippen LogP contribution in [0.1, 0.15) is 98.3 Å². The third-order valence-electron chi connectivity index (χ3n) is 11.6. The maximum atomic E-state index is 14.8. The molecule has 326 valence electrons. The van der Waals surface area contributed by atoms with Crippen molar-refractivity contribution in [2.75, 3.05) is 32.2 Å². The van der Waals surface area contributed by atoms with E-state index in [1.165, 1.54) is 16.2 Å². The van der Waals surface area contributed by atoms with Gasteiger partial charge in [0.15, 0.2) is 5.13 Å². The molecule has 3 fully saturated rings. The van der Waals surface area contributed by atoms with Crippen molar-refractivity contribution in [3.8, 4) is 22.9 Å². The van der Waals surface area contributed by atoms with Crippen LogP contribution in [-0.4, -0.2) is 95.3 Å². The van der Waals surface area contributed by atoms with Gasteiger partial charge < -0.3 is 44.1 Å². The van der Waals surface area contributed by atoms with Crippen LogP contribution in [0, 0.1) is 5.92 Å². The molecule has 3 amide bonds. The highest BCUT2D eigenvalue weighted by molar-refractivity contribution is 7.56. The largest absolute Gasteiger partial charge is 0.497 e. The van der Waals surface area contributed by atoms with Gasteiger partial charge in [0.1, 0.15) is 46.8 Å². The molecule has 60 heavy (non-hydrogen) atoms. The fourth-order valence-corrected chi connectivity index (χ4v) is 11.8. The smallest absolute Gasteiger partial charge is 0.408 e. The van der Waals surface area contributed by atoms with Crippen molar-refractivity contribution < 1.29 is 42.2 Å². The first kappa shape index (κ1) is 43.8. The number of ether oxygens (including phenoxy) is 3. The number of alkyl carbamates (subject to hydrolysis) is 1. The molecule has 1 saturated heterocycles. The number of fused-ring (bicyclic) bond motifs is 3. The Hall–Kier alpha value is -4.24. The molecule has 0 unspecified atom stereocenters. The first-order valence-electron chi connectivity index (χ1n) is 21.5. The third-order valence-corrected chi connectivity index (χ3v) is 15.2. The van der Waals surface area contributed by atoms with Gasteiger partial charge in [0.25, 0.3) is 0 Å². The number of allylic oxidation sites excluding steroid dienone is 1. The minimum atomic E-state index is -3.86.